The Kier molecular flexibility index (Phi) is 2.43. The summed E-state index contributed by atoms with van der Waals surface area (Å²) in [5.74, 6) is -0.899. The third-order valence-corrected chi connectivity index (χ3v) is 1.42. The molecule has 1 aromatic heterocycles. The fourth-order valence-electron chi connectivity index (χ4n) is 0.631. The van der Waals surface area contributed by atoms with Crippen molar-refractivity contribution < 1.29 is 14.4 Å². The number of halogens is 2. The van der Waals surface area contributed by atoms with Gasteiger partial charge in [-0.2, -0.15) is 0 Å². The van der Waals surface area contributed by atoms with Gasteiger partial charge in [-0.3, -0.25) is 0 Å². The highest BCUT2D eigenvalue weighted by Gasteiger charge is 2.18. The average Bonchev–Trinajstić information content (AvgIpc) is 1.94. The minimum absolute atomic E-state index is 0.273. The van der Waals surface area contributed by atoms with E-state index < -0.39 is 12.9 Å². The van der Waals surface area contributed by atoms with Crippen molar-refractivity contribution in [2.75, 3.05) is 0 Å². The van der Waals surface area contributed by atoms with Crippen LogP contribution in [0.2, 0.25) is 5.15 Å². The molecule has 0 aliphatic heterocycles. The monoisotopic (exact) mass is 175 g/mol. The van der Waals surface area contributed by atoms with Gasteiger partial charge in [0.25, 0.3) is 0 Å². The van der Waals surface area contributed by atoms with Crippen molar-refractivity contribution in [3.63, 3.8) is 0 Å². The van der Waals surface area contributed by atoms with E-state index in [1.165, 1.54) is 6.20 Å². The van der Waals surface area contributed by atoms with Crippen LogP contribution in [-0.2, 0) is 0 Å². The van der Waals surface area contributed by atoms with Crippen LogP contribution < -0.4 is 5.46 Å². The number of pyridine rings is 1. The van der Waals surface area contributed by atoms with Gasteiger partial charge in [0, 0.05) is 11.7 Å². The summed E-state index contributed by atoms with van der Waals surface area (Å²) in [6.45, 7) is 0. The zero-order chi connectivity index (χ0) is 8.43. The molecule has 0 spiro atoms. The fraction of sp³-hybridized carbons (Fsp3) is 0. The molecule has 0 aliphatic carbocycles. The molecule has 0 amide bonds. The third kappa shape index (κ3) is 1.68. The molecule has 6 heteroatoms. The van der Waals surface area contributed by atoms with Gasteiger partial charge in [-0.1, -0.05) is 11.6 Å². The summed E-state index contributed by atoms with van der Waals surface area (Å²) in [7, 11) is -1.85. The Bertz CT molecular complexity index is 271. The largest absolute Gasteiger partial charge is 0.491 e. The van der Waals surface area contributed by atoms with E-state index in [1.54, 1.807) is 0 Å². The van der Waals surface area contributed by atoms with Gasteiger partial charge < -0.3 is 10.0 Å². The SMILES string of the molecule is OB(O)c1ccnc(Cl)c1F. The molecular formula is C5H4BClFNO2. The molecule has 0 radical (unpaired) electrons. The number of hydrogen-bond donors (Lipinski definition) is 2. The molecule has 1 aromatic rings. The van der Waals surface area contributed by atoms with Crippen LogP contribution in [0, 0.1) is 5.82 Å². The van der Waals surface area contributed by atoms with E-state index in [0.29, 0.717) is 0 Å². The van der Waals surface area contributed by atoms with Gasteiger partial charge in [0.15, 0.2) is 11.0 Å². The van der Waals surface area contributed by atoms with Crippen molar-refractivity contribution in [3.8, 4) is 0 Å². The van der Waals surface area contributed by atoms with Gasteiger partial charge in [-0.15, -0.1) is 0 Å². The first-order valence-corrected chi connectivity index (χ1v) is 3.16. The summed E-state index contributed by atoms with van der Waals surface area (Å²) in [4.78, 5) is 3.39. The van der Waals surface area contributed by atoms with Crippen LogP contribution >= 0.6 is 11.6 Å². The summed E-state index contributed by atoms with van der Waals surface area (Å²) in [5.41, 5.74) is -0.273. The lowest BCUT2D eigenvalue weighted by Crippen LogP contribution is -2.33. The first kappa shape index (κ1) is 8.45. The van der Waals surface area contributed by atoms with Crippen molar-refractivity contribution in [1.82, 2.24) is 4.98 Å². The van der Waals surface area contributed by atoms with Crippen LogP contribution in [0.3, 0.4) is 0 Å². The summed E-state index contributed by atoms with van der Waals surface area (Å²) >= 11 is 5.25. The lowest BCUT2D eigenvalue weighted by molar-refractivity contribution is 0.423. The lowest BCUT2D eigenvalue weighted by Gasteiger charge is -2.00. The number of rotatable bonds is 1. The first-order chi connectivity index (χ1) is 5.13. The molecular weight excluding hydrogens is 171 g/mol. The Morgan fingerprint density at radius 3 is 2.64 bits per heavy atom. The predicted octanol–water partition coefficient (Wildman–Crippen LogP) is -0.446. The molecule has 58 valence electrons. The smallest absolute Gasteiger partial charge is 0.423 e. The van der Waals surface area contributed by atoms with Crippen LogP contribution in [0.5, 0.6) is 0 Å². The van der Waals surface area contributed by atoms with Gasteiger partial charge in [-0.25, -0.2) is 9.37 Å². The molecule has 0 aliphatic rings. The third-order valence-electron chi connectivity index (χ3n) is 1.15. The van der Waals surface area contributed by atoms with E-state index >= 15 is 0 Å². The van der Waals surface area contributed by atoms with Crippen LogP contribution in [0.25, 0.3) is 0 Å². The van der Waals surface area contributed by atoms with Crippen molar-refractivity contribution in [2.45, 2.75) is 0 Å². The Morgan fingerprint density at radius 1 is 1.55 bits per heavy atom. The maximum Gasteiger partial charge on any atom is 0.491 e. The summed E-state index contributed by atoms with van der Waals surface area (Å²) < 4.78 is 12.7. The highest BCUT2D eigenvalue weighted by molar-refractivity contribution is 6.59. The molecule has 1 heterocycles. The van der Waals surface area contributed by atoms with Crippen LogP contribution in [0.15, 0.2) is 12.3 Å². The molecule has 0 bridgehead atoms. The number of hydrogen-bond acceptors (Lipinski definition) is 3. The van der Waals surface area contributed by atoms with Crippen molar-refractivity contribution in [2.24, 2.45) is 0 Å². The van der Waals surface area contributed by atoms with Crippen molar-refractivity contribution >= 4 is 24.2 Å². The standard InChI is InChI=1S/C5H4BClFNO2/c7-5-4(8)3(6(10)11)1-2-9-5/h1-2,10-11H. The average molecular weight is 175 g/mol. The number of nitrogens with zero attached hydrogens (tertiary/aromatic N) is 1. The van der Waals surface area contributed by atoms with Gasteiger partial charge in [0.1, 0.15) is 0 Å². The molecule has 1 rings (SSSR count). The predicted molar refractivity (Wildman–Crippen MR) is 39.0 cm³/mol. The van der Waals surface area contributed by atoms with E-state index in [0.717, 1.165) is 6.07 Å². The van der Waals surface area contributed by atoms with Gasteiger partial charge in [0.05, 0.1) is 0 Å². The lowest BCUT2D eigenvalue weighted by atomic mass is 9.81. The van der Waals surface area contributed by atoms with E-state index in [1.807, 2.05) is 0 Å². The second kappa shape index (κ2) is 3.17. The molecule has 0 saturated heterocycles. The number of aromatic nitrogens is 1. The van der Waals surface area contributed by atoms with E-state index in [2.05, 4.69) is 4.98 Å². The van der Waals surface area contributed by atoms with Crippen LogP contribution in [0.4, 0.5) is 4.39 Å². The van der Waals surface area contributed by atoms with Crippen LogP contribution in [-0.4, -0.2) is 22.2 Å². The second-order valence-corrected chi connectivity index (χ2v) is 2.24. The normalized spacial score (nSPS) is 9.82. The molecule has 2 N–H and O–H groups in total. The van der Waals surface area contributed by atoms with Crippen molar-refractivity contribution in [3.05, 3.63) is 23.2 Å². The maximum atomic E-state index is 12.7. The topological polar surface area (TPSA) is 53.4 Å². The summed E-state index contributed by atoms with van der Waals surface area (Å²) in [5, 5.41) is 16.8. The first-order valence-electron chi connectivity index (χ1n) is 2.79. The van der Waals surface area contributed by atoms with Gasteiger partial charge >= 0.3 is 7.12 Å². The minimum Gasteiger partial charge on any atom is -0.423 e. The van der Waals surface area contributed by atoms with Gasteiger partial charge in [-0.05, 0) is 6.07 Å². The molecule has 0 unspecified atom stereocenters. The fourth-order valence-corrected chi connectivity index (χ4v) is 0.797. The Balaban J connectivity index is 3.17. The van der Waals surface area contributed by atoms with Crippen molar-refractivity contribution in [1.29, 1.82) is 0 Å². The molecule has 0 fully saturated rings. The highest BCUT2D eigenvalue weighted by Crippen LogP contribution is 2.06. The zero-order valence-electron chi connectivity index (χ0n) is 5.33. The molecule has 0 saturated carbocycles. The molecule has 0 atom stereocenters. The van der Waals surface area contributed by atoms with Gasteiger partial charge in [0.2, 0.25) is 0 Å². The van der Waals surface area contributed by atoms with E-state index in [4.69, 9.17) is 21.6 Å². The molecule has 11 heavy (non-hydrogen) atoms. The zero-order valence-corrected chi connectivity index (χ0v) is 6.09. The summed E-state index contributed by atoms with van der Waals surface area (Å²) in [6.07, 6.45) is 1.19. The quantitative estimate of drug-likeness (QED) is 0.449. The summed E-state index contributed by atoms with van der Waals surface area (Å²) in [6, 6.07) is 1.14. The highest BCUT2D eigenvalue weighted by atomic mass is 35.5. The minimum atomic E-state index is -1.85. The Labute approximate surface area is 67.6 Å². The molecule has 3 nitrogen and oxygen atoms in total. The second-order valence-electron chi connectivity index (χ2n) is 1.88. The molecule has 0 aromatic carbocycles. The maximum absolute atomic E-state index is 12.7. The van der Waals surface area contributed by atoms with E-state index in [9.17, 15) is 4.39 Å². The Hall–Kier alpha value is -0.645. The van der Waals surface area contributed by atoms with E-state index in [-0.39, 0.29) is 10.6 Å². The Morgan fingerprint density at radius 2 is 2.18 bits per heavy atom. The van der Waals surface area contributed by atoms with Crippen LogP contribution in [0.1, 0.15) is 0 Å².